The van der Waals surface area contributed by atoms with E-state index in [1.165, 1.54) is 0 Å². The van der Waals surface area contributed by atoms with E-state index in [-0.39, 0.29) is 0 Å². The zero-order valence-electron chi connectivity index (χ0n) is 9.11. The number of pyridine rings is 1. The minimum Gasteiger partial charge on any atom is -0.288 e. The molecule has 82 valence electrons. The Kier molecular flexibility index (Phi) is 2.58. The molecule has 0 atom stereocenters. The summed E-state index contributed by atoms with van der Waals surface area (Å²) >= 11 is 0. The smallest absolute Gasteiger partial charge is 0.276 e. The van der Waals surface area contributed by atoms with Gasteiger partial charge in [0.1, 0.15) is 0 Å². The van der Waals surface area contributed by atoms with Crippen molar-refractivity contribution in [1.82, 2.24) is 10.5 Å². The number of carbonyl (C=O) groups excluding carboxylic acids is 1. The Balaban J connectivity index is 2.81. The average molecular weight is 216 g/mol. The van der Waals surface area contributed by atoms with Crippen LogP contribution in [-0.2, 0) is 0 Å². The van der Waals surface area contributed by atoms with E-state index in [9.17, 15) is 4.79 Å². The van der Waals surface area contributed by atoms with Gasteiger partial charge in [0.05, 0.1) is 11.1 Å². The lowest BCUT2D eigenvalue weighted by Crippen LogP contribution is -2.19. The summed E-state index contributed by atoms with van der Waals surface area (Å²) in [5.74, 6) is -0.539. The van der Waals surface area contributed by atoms with Crippen molar-refractivity contribution in [2.45, 2.75) is 13.8 Å². The number of fused-ring (bicyclic) bond motifs is 1. The lowest BCUT2D eigenvalue weighted by atomic mass is 10.0. The number of rotatable bonds is 1. The first kappa shape index (κ1) is 10.6. The average Bonchev–Trinajstić information content (AvgIpc) is 2.27. The lowest BCUT2D eigenvalue weighted by molar-refractivity contribution is 0.0708. The predicted octanol–water partition coefficient (Wildman–Crippen LogP) is 1.97. The molecule has 1 heterocycles. The Morgan fingerprint density at radius 3 is 2.81 bits per heavy atom. The second kappa shape index (κ2) is 3.90. The normalized spacial score (nSPS) is 10.4. The van der Waals surface area contributed by atoms with E-state index in [1.54, 1.807) is 17.6 Å². The van der Waals surface area contributed by atoms with Crippen LogP contribution < -0.4 is 5.48 Å². The van der Waals surface area contributed by atoms with Gasteiger partial charge in [-0.3, -0.25) is 15.0 Å². The first-order valence-electron chi connectivity index (χ1n) is 4.95. The second-order valence-corrected chi connectivity index (χ2v) is 3.72. The lowest BCUT2D eigenvalue weighted by Gasteiger charge is -2.07. The third kappa shape index (κ3) is 1.63. The molecule has 0 aliphatic rings. The van der Waals surface area contributed by atoms with Gasteiger partial charge in [0, 0.05) is 11.1 Å². The summed E-state index contributed by atoms with van der Waals surface area (Å²) in [6, 6.07) is 7.28. The first-order valence-corrected chi connectivity index (χ1v) is 4.95. The largest absolute Gasteiger partial charge is 0.288 e. The van der Waals surface area contributed by atoms with Crippen LogP contribution in [-0.4, -0.2) is 16.1 Å². The van der Waals surface area contributed by atoms with E-state index in [2.05, 4.69) is 4.98 Å². The molecule has 4 nitrogen and oxygen atoms in total. The molecule has 2 rings (SSSR count). The molecule has 0 spiro atoms. The van der Waals surface area contributed by atoms with Crippen molar-refractivity contribution in [1.29, 1.82) is 0 Å². The number of hydrogen-bond donors (Lipinski definition) is 2. The van der Waals surface area contributed by atoms with Crippen LogP contribution in [0.15, 0.2) is 24.3 Å². The van der Waals surface area contributed by atoms with Crippen LogP contribution in [0.1, 0.15) is 21.6 Å². The van der Waals surface area contributed by atoms with E-state index in [1.807, 2.05) is 26.0 Å². The maximum atomic E-state index is 11.4. The number of aromatic nitrogens is 1. The van der Waals surface area contributed by atoms with Gasteiger partial charge in [-0.2, -0.15) is 0 Å². The van der Waals surface area contributed by atoms with E-state index >= 15 is 0 Å². The molecule has 0 saturated heterocycles. The summed E-state index contributed by atoms with van der Waals surface area (Å²) in [5, 5.41) is 9.58. The molecule has 0 radical (unpaired) electrons. The standard InChI is InChI=1S/C12H12N2O2/c1-7-6-8(2)13-11-9(7)4-3-5-10(11)12(15)14-16/h3-6,16H,1-2H3,(H,14,15). The van der Waals surface area contributed by atoms with Gasteiger partial charge < -0.3 is 0 Å². The molecular weight excluding hydrogens is 204 g/mol. The molecule has 0 fully saturated rings. The maximum Gasteiger partial charge on any atom is 0.276 e. The second-order valence-electron chi connectivity index (χ2n) is 3.72. The highest BCUT2D eigenvalue weighted by atomic mass is 16.5. The molecule has 0 unspecified atom stereocenters. The van der Waals surface area contributed by atoms with Crippen LogP contribution in [0.4, 0.5) is 0 Å². The predicted molar refractivity (Wildman–Crippen MR) is 60.5 cm³/mol. The fraction of sp³-hybridized carbons (Fsp3) is 0.167. The summed E-state index contributed by atoms with van der Waals surface area (Å²) in [4.78, 5) is 15.8. The van der Waals surface area contributed by atoms with Crippen LogP contribution in [0.2, 0.25) is 0 Å². The molecule has 1 amide bonds. The third-order valence-electron chi connectivity index (χ3n) is 2.52. The van der Waals surface area contributed by atoms with Crippen LogP contribution in [0.5, 0.6) is 0 Å². The zero-order chi connectivity index (χ0) is 11.7. The van der Waals surface area contributed by atoms with Gasteiger partial charge in [0.15, 0.2) is 0 Å². The van der Waals surface area contributed by atoms with Gasteiger partial charge in [-0.15, -0.1) is 0 Å². The van der Waals surface area contributed by atoms with Gasteiger partial charge in [-0.05, 0) is 31.5 Å². The fourth-order valence-corrected chi connectivity index (χ4v) is 1.83. The maximum absolute atomic E-state index is 11.4. The van der Waals surface area contributed by atoms with Crippen molar-refractivity contribution in [2.75, 3.05) is 0 Å². The number of amides is 1. The van der Waals surface area contributed by atoms with E-state index in [4.69, 9.17) is 5.21 Å². The molecular formula is C12H12N2O2. The number of nitrogens with zero attached hydrogens (tertiary/aromatic N) is 1. The summed E-state index contributed by atoms with van der Waals surface area (Å²) in [5.41, 5.74) is 4.55. The zero-order valence-corrected chi connectivity index (χ0v) is 9.11. The summed E-state index contributed by atoms with van der Waals surface area (Å²) in [7, 11) is 0. The fourth-order valence-electron chi connectivity index (χ4n) is 1.83. The molecule has 1 aromatic heterocycles. The number of hydroxylamine groups is 1. The van der Waals surface area contributed by atoms with Crippen molar-refractivity contribution >= 4 is 16.8 Å². The van der Waals surface area contributed by atoms with E-state index in [0.717, 1.165) is 16.6 Å². The first-order chi connectivity index (χ1) is 7.63. The third-order valence-corrected chi connectivity index (χ3v) is 2.52. The number of hydrogen-bond acceptors (Lipinski definition) is 3. The highest BCUT2D eigenvalue weighted by molar-refractivity contribution is 6.05. The van der Waals surface area contributed by atoms with Gasteiger partial charge in [0.2, 0.25) is 0 Å². The van der Waals surface area contributed by atoms with Crippen LogP contribution in [0, 0.1) is 13.8 Å². The Morgan fingerprint density at radius 1 is 1.38 bits per heavy atom. The monoisotopic (exact) mass is 216 g/mol. The molecule has 0 bridgehead atoms. The molecule has 0 aliphatic carbocycles. The number of nitrogens with one attached hydrogen (secondary N) is 1. The van der Waals surface area contributed by atoms with Gasteiger partial charge in [-0.25, -0.2) is 5.48 Å². The number of benzene rings is 1. The van der Waals surface area contributed by atoms with Crippen molar-refractivity contribution in [3.05, 3.63) is 41.1 Å². The number of aryl methyl sites for hydroxylation is 2. The molecule has 1 aromatic carbocycles. The van der Waals surface area contributed by atoms with Crippen LogP contribution >= 0.6 is 0 Å². The molecule has 2 N–H and O–H groups in total. The number of carbonyl (C=O) groups is 1. The highest BCUT2D eigenvalue weighted by Gasteiger charge is 2.11. The van der Waals surface area contributed by atoms with E-state index in [0.29, 0.717) is 11.1 Å². The summed E-state index contributed by atoms with van der Waals surface area (Å²) < 4.78 is 0. The van der Waals surface area contributed by atoms with Crippen molar-refractivity contribution in [3.63, 3.8) is 0 Å². The molecule has 2 aromatic rings. The SMILES string of the molecule is Cc1cc(C)c2cccc(C(=O)NO)c2n1. The van der Waals surface area contributed by atoms with Gasteiger partial charge in [-0.1, -0.05) is 12.1 Å². The molecule has 0 aliphatic heterocycles. The minimum atomic E-state index is -0.539. The van der Waals surface area contributed by atoms with Crippen molar-refractivity contribution in [3.8, 4) is 0 Å². The highest BCUT2D eigenvalue weighted by Crippen LogP contribution is 2.21. The van der Waals surface area contributed by atoms with Crippen LogP contribution in [0.25, 0.3) is 10.9 Å². The van der Waals surface area contributed by atoms with Crippen molar-refractivity contribution in [2.24, 2.45) is 0 Å². The Hall–Kier alpha value is -1.94. The molecule has 4 heteroatoms. The van der Waals surface area contributed by atoms with E-state index < -0.39 is 5.91 Å². The summed E-state index contributed by atoms with van der Waals surface area (Å²) in [6.45, 7) is 3.84. The Morgan fingerprint density at radius 2 is 2.12 bits per heavy atom. The minimum absolute atomic E-state index is 0.381. The van der Waals surface area contributed by atoms with Gasteiger partial charge in [0.25, 0.3) is 5.91 Å². The number of para-hydroxylation sites is 1. The molecule has 16 heavy (non-hydrogen) atoms. The quantitative estimate of drug-likeness (QED) is 0.566. The van der Waals surface area contributed by atoms with Crippen LogP contribution in [0.3, 0.4) is 0 Å². The van der Waals surface area contributed by atoms with Crippen molar-refractivity contribution < 1.29 is 10.0 Å². The Bertz CT molecular complexity index is 564. The molecule has 0 saturated carbocycles. The topological polar surface area (TPSA) is 62.2 Å². The summed E-state index contributed by atoms with van der Waals surface area (Å²) in [6.07, 6.45) is 0. The Labute approximate surface area is 92.9 Å². The van der Waals surface area contributed by atoms with Gasteiger partial charge >= 0.3 is 0 Å².